The Morgan fingerprint density at radius 1 is 0.821 bits per heavy atom. The number of benzene rings is 3. The maximum atomic E-state index is 13.0. The molecule has 0 saturated heterocycles. The first-order valence-corrected chi connectivity index (χ1v) is 9.92. The van der Waals surface area contributed by atoms with E-state index in [0.29, 0.717) is 11.1 Å². The molecule has 0 unspecified atom stereocenters. The minimum Gasteiger partial charge on any atom is -0.422 e. The highest BCUT2D eigenvalue weighted by molar-refractivity contribution is 7.91. The Hall–Kier alpha value is -3.42. The molecule has 0 radical (unpaired) electrons. The van der Waals surface area contributed by atoms with Crippen LogP contribution in [0.15, 0.2) is 97.9 Å². The molecule has 0 fully saturated rings. The zero-order valence-electron chi connectivity index (χ0n) is 14.6. The van der Waals surface area contributed by atoms with Crippen LogP contribution in [0.5, 0.6) is 0 Å². The fraction of sp³-hybridized carbons (Fsp3) is 0. The lowest BCUT2D eigenvalue weighted by atomic mass is 10.1. The number of rotatable bonds is 4. The van der Waals surface area contributed by atoms with Gasteiger partial charge in [0, 0.05) is 11.5 Å². The highest BCUT2D eigenvalue weighted by Gasteiger charge is 2.23. The van der Waals surface area contributed by atoms with Gasteiger partial charge in [-0.3, -0.25) is 5.84 Å². The minimum absolute atomic E-state index is 0.0269. The molecule has 7 heteroatoms. The van der Waals surface area contributed by atoms with E-state index >= 15 is 0 Å². The second-order valence-corrected chi connectivity index (χ2v) is 8.11. The van der Waals surface area contributed by atoms with Crippen LogP contribution in [-0.4, -0.2) is 8.42 Å². The fourth-order valence-electron chi connectivity index (χ4n) is 2.95. The topological polar surface area (TPSA) is 102 Å². The van der Waals surface area contributed by atoms with E-state index in [1.54, 1.807) is 24.3 Å². The molecule has 0 atom stereocenters. The van der Waals surface area contributed by atoms with Crippen molar-refractivity contribution in [2.75, 3.05) is 5.43 Å². The normalized spacial score (nSPS) is 11.5. The van der Waals surface area contributed by atoms with E-state index in [1.165, 1.54) is 24.3 Å². The summed E-state index contributed by atoms with van der Waals surface area (Å²) in [5.41, 5.74) is 4.17. The first-order valence-electron chi connectivity index (χ1n) is 8.44. The molecule has 3 aromatic carbocycles. The number of sulfone groups is 1. The summed E-state index contributed by atoms with van der Waals surface area (Å²) >= 11 is 0. The van der Waals surface area contributed by atoms with Crippen molar-refractivity contribution in [2.24, 2.45) is 5.84 Å². The first-order chi connectivity index (χ1) is 13.5. The zero-order chi connectivity index (χ0) is 19.7. The summed E-state index contributed by atoms with van der Waals surface area (Å²) in [4.78, 5) is 12.0. The van der Waals surface area contributed by atoms with Crippen LogP contribution < -0.4 is 16.9 Å². The first kappa shape index (κ1) is 18.0. The smallest absolute Gasteiger partial charge is 0.355 e. The van der Waals surface area contributed by atoms with Crippen molar-refractivity contribution < 1.29 is 12.8 Å². The summed E-state index contributed by atoms with van der Waals surface area (Å²) in [6, 6.07) is 22.1. The number of nitrogen functional groups attached to an aromatic ring is 1. The van der Waals surface area contributed by atoms with Crippen LogP contribution >= 0.6 is 0 Å². The largest absolute Gasteiger partial charge is 0.422 e. The van der Waals surface area contributed by atoms with E-state index in [0.717, 1.165) is 11.1 Å². The second kappa shape index (κ2) is 6.95. The lowest BCUT2D eigenvalue weighted by Gasteiger charge is -2.07. The summed E-state index contributed by atoms with van der Waals surface area (Å²) in [5.74, 6) is 5.34. The highest BCUT2D eigenvalue weighted by Crippen LogP contribution is 2.26. The van der Waals surface area contributed by atoms with Crippen LogP contribution in [0.3, 0.4) is 0 Å². The van der Waals surface area contributed by atoms with E-state index in [1.807, 2.05) is 30.3 Å². The average molecular weight is 392 g/mol. The van der Waals surface area contributed by atoms with Gasteiger partial charge in [0.05, 0.1) is 10.6 Å². The van der Waals surface area contributed by atoms with Crippen molar-refractivity contribution in [2.45, 2.75) is 9.79 Å². The average Bonchev–Trinajstić information content (AvgIpc) is 2.73. The Labute approximate surface area is 161 Å². The Kier molecular flexibility index (Phi) is 4.46. The molecule has 1 heterocycles. The van der Waals surface area contributed by atoms with Gasteiger partial charge in [-0.2, -0.15) is 0 Å². The number of fused-ring (bicyclic) bond motifs is 1. The van der Waals surface area contributed by atoms with Crippen molar-refractivity contribution in [1.29, 1.82) is 0 Å². The molecule has 0 aliphatic rings. The van der Waals surface area contributed by atoms with E-state index in [9.17, 15) is 13.2 Å². The van der Waals surface area contributed by atoms with Crippen molar-refractivity contribution in [1.82, 2.24) is 0 Å². The van der Waals surface area contributed by atoms with Crippen molar-refractivity contribution >= 4 is 26.5 Å². The third-order valence-corrected chi connectivity index (χ3v) is 6.19. The Bertz CT molecular complexity index is 1310. The monoisotopic (exact) mass is 392 g/mol. The van der Waals surface area contributed by atoms with E-state index in [2.05, 4.69) is 5.43 Å². The molecule has 6 nitrogen and oxygen atoms in total. The van der Waals surface area contributed by atoms with Gasteiger partial charge in [-0.25, -0.2) is 13.2 Å². The van der Waals surface area contributed by atoms with E-state index in [4.69, 9.17) is 10.3 Å². The lowest BCUT2D eigenvalue weighted by Crippen LogP contribution is -2.14. The van der Waals surface area contributed by atoms with E-state index in [-0.39, 0.29) is 10.5 Å². The van der Waals surface area contributed by atoms with Gasteiger partial charge in [0.2, 0.25) is 9.84 Å². The third-order valence-electron chi connectivity index (χ3n) is 4.43. The second-order valence-electron chi connectivity index (χ2n) is 6.19. The van der Waals surface area contributed by atoms with Gasteiger partial charge in [0.15, 0.2) is 4.90 Å². The predicted octanol–water partition coefficient (Wildman–Crippen LogP) is 3.58. The number of nitrogens with one attached hydrogen (secondary N) is 1. The molecule has 0 amide bonds. The zero-order valence-corrected chi connectivity index (χ0v) is 15.4. The quantitative estimate of drug-likeness (QED) is 0.313. The summed E-state index contributed by atoms with van der Waals surface area (Å²) in [6.07, 6.45) is 0. The lowest BCUT2D eigenvalue weighted by molar-refractivity contribution is 0.532. The molecule has 4 rings (SSSR count). The maximum Gasteiger partial charge on any atom is 0.355 e. The predicted molar refractivity (Wildman–Crippen MR) is 108 cm³/mol. The molecule has 0 aliphatic carbocycles. The molecular formula is C21H16N2O4S. The molecule has 140 valence electrons. The molecule has 0 bridgehead atoms. The molecule has 4 aromatic rings. The SMILES string of the molecule is NNc1ccc2cc(S(=O)(=O)c3ccc(-c4ccccc4)cc3)c(=O)oc2c1. The molecule has 3 N–H and O–H groups in total. The van der Waals surface area contributed by atoms with Crippen molar-refractivity contribution in [3.8, 4) is 11.1 Å². The van der Waals surface area contributed by atoms with Gasteiger partial charge in [0.1, 0.15) is 5.58 Å². The van der Waals surface area contributed by atoms with Crippen molar-refractivity contribution in [3.63, 3.8) is 0 Å². The Morgan fingerprint density at radius 3 is 2.18 bits per heavy atom. The fourth-order valence-corrected chi connectivity index (χ4v) is 4.25. The third kappa shape index (κ3) is 3.17. The number of hydrazine groups is 1. The summed E-state index contributed by atoms with van der Waals surface area (Å²) < 4.78 is 31.2. The molecular weight excluding hydrogens is 376 g/mol. The minimum atomic E-state index is -4.02. The maximum absolute atomic E-state index is 13.0. The van der Waals surface area contributed by atoms with Gasteiger partial charge in [0.25, 0.3) is 0 Å². The van der Waals surface area contributed by atoms with Gasteiger partial charge in [-0.05, 0) is 41.5 Å². The molecule has 0 saturated carbocycles. The summed E-state index contributed by atoms with van der Waals surface area (Å²) in [6.45, 7) is 0. The molecule has 28 heavy (non-hydrogen) atoms. The summed E-state index contributed by atoms with van der Waals surface area (Å²) in [5, 5.41) is 0.484. The molecule has 1 aromatic heterocycles. The van der Waals surface area contributed by atoms with Gasteiger partial charge in [-0.15, -0.1) is 0 Å². The van der Waals surface area contributed by atoms with Crippen LogP contribution in [0.1, 0.15) is 0 Å². The van der Waals surface area contributed by atoms with Crippen LogP contribution in [0, 0.1) is 0 Å². The van der Waals surface area contributed by atoms with Crippen LogP contribution in [0.25, 0.3) is 22.1 Å². The Morgan fingerprint density at radius 2 is 1.50 bits per heavy atom. The van der Waals surface area contributed by atoms with Crippen LogP contribution in [0.2, 0.25) is 0 Å². The van der Waals surface area contributed by atoms with Crippen LogP contribution in [0.4, 0.5) is 5.69 Å². The highest BCUT2D eigenvalue weighted by atomic mass is 32.2. The number of hydrogen-bond donors (Lipinski definition) is 2. The summed E-state index contributed by atoms with van der Waals surface area (Å²) in [7, 11) is -4.02. The molecule has 0 spiro atoms. The number of hydrogen-bond acceptors (Lipinski definition) is 6. The van der Waals surface area contributed by atoms with Crippen LogP contribution in [-0.2, 0) is 9.84 Å². The van der Waals surface area contributed by atoms with Crippen molar-refractivity contribution in [3.05, 3.63) is 89.3 Å². The number of nitrogens with two attached hydrogens (primary N) is 1. The van der Waals surface area contributed by atoms with E-state index < -0.39 is 20.4 Å². The standard InChI is InChI=1S/C21H16N2O4S/c22-23-17-9-6-16-12-20(21(24)27-19(16)13-17)28(25,26)18-10-7-15(8-11-18)14-4-2-1-3-5-14/h1-13,23H,22H2. The Balaban J connectivity index is 1.78. The molecule has 0 aliphatic heterocycles. The number of anilines is 1. The van der Waals surface area contributed by atoms with Gasteiger partial charge < -0.3 is 9.84 Å². The van der Waals surface area contributed by atoms with Gasteiger partial charge >= 0.3 is 5.63 Å². The van der Waals surface area contributed by atoms with Gasteiger partial charge in [-0.1, -0.05) is 42.5 Å².